The van der Waals surface area contributed by atoms with E-state index in [0.29, 0.717) is 31.2 Å². The van der Waals surface area contributed by atoms with Gasteiger partial charge in [0.25, 0.3) is 0 Å². The fraction of sp³-hybridized carbons (Fsp3) is 0.471. The molecule has 1 aromatic carbocycles. The summed E-state index contributed by atoms with van der Waals surface area (Å²) in [4.78, 5) is 15.9. The molecule has 2 rings (SSSR count). The van der Waals surface area contributed by atoms with Crippen LogP contribution in [0.25, 0.3) is 0 Å². The minimum atomic E-state index is -0.249. The van der Waals surface area contributed by atoms with E-state index < -0.39 is 0 Å². The van der Waals surface area contributed by atoms with Crippen LogP contribution < -0.4 is 4.74 Å². The summed E-state index contributed by atoms with van der Waals surface area (Å²) < 4.78 is 12.6. The molecule has 1 aromatic heterocycles. The fourth-order valence-electron chi connectivity index (χ4n) is 2.04. The van der Waals surface area contributed by atoms with E-state index in [1.807, 2.05) is 30.3 Å². The molecule has 1 heterocycles. The van der Waals surface area contributed by atoms with Crippen molar-refractivity contribution < 1.29 is 14.3 Å². The second-order valence-corrected chi connectivity index (χ2v) is 5.68. The molecule has 0 radical (unpaired) electrons. The molecule has 124 valence electrons. The van der Waals surface area contributed by atoms with E-state index in [9.17, 15) is 4.79 Å². The number of carbonyl (C=O) groups is 1. The fourth-order valence-corrected chi connectivity index (χ4v) is 2.04. The van der Waals surface area contributed by atoms with E-state index >= 15 is 0 Å². The molecule has 0 amide bonds. The molecule has 0 aliphatic heterocycles. The Kier molecular flexibility index (Phi) is 6.59. The molecule has 0 spiro atoms. The Hall–Kier alpha value is -2.37. The first kappa shape index (κ1) is 17.0. The first-order valence-electron chi connectivity index (χ1n) is 7.85. The molecule has 0 saturated carbocycles. The second kappa shape index (κ2) is 8.92. The lowest BCUT2D eigenvalue weighted by atomic mass is 10.2. The largest absolute Gasteiger partial charge is 0.494 e. The Bertz CT molecular complexity index is 596. The number of rotatable bonds is 9. The highest BCUT2D eigenvalue weighted by molar-refractivity contribution is 5.69. The first-order valence-corrected chi connectivity index (χ1v) is 7.85. The van der Waals surface area contributed by atoms with Gasteiger partial charge in [-0.05, 0) is 24.5 Å². The van der Waals surface area contributed by atoms with Gasteiger partial charge in [0.1, 0.15) is 12.1 Å². The maximum Gasteiger partial charge on any atom is 0.306 e. The lowest BCUT2D eigenvalue weighted by molar-refractivity contribution is -0.145. The number of para-hydroxylation sites is 1. The van der Waals surface area contributed by atoms with Gasteiger partial charge in [-0.15, -0.1) is 0 Å². The number of aromatic nitrogens is 3. The minimum absolute atomic E-state index is 0.158. The molecule has 0 saturated heterocycles. The predicted molar refractivity (Wildman–Crippen MR) is 85.8 cm³/mol. The molecule has 6 heteroatoms. The molecule has 0 fully saturated rings. The van der Waals surface area contributed by atoms with Crippen molar-refractivity contribution in [2.75, 3.05) is 6.61 Å². The lowest BCUT2D eigenvalue weighted by Gasteiger charge is -2.09. The van der Waals surface area contributed by atoms with Crippen LogP contribution in [-0.4, -0.2) is 27.3 Å². The summed E-state index contributed by atoms with van der Waals surface area (Å²) in [5, 5.41) is 4.14. The average molecular weight is 317 g/mol. The number of benzene rings is 1. The van der Waals surface area contributed by atoms with Gasteiger partial charge in [0, 0.05) is 13.0 Å². The van der Waals surface area contributed by atoms with Gasteiger partial charge in [0.15, 0.2) is 12.4 Å². The SMILES string of the molecule is CC(C)Cn1ncnc1COC(=O)CCCOc1ccccc1. The van der Waals surface area contributed by atoms with Crippen LogP contribution in [0.4, 0.5) is 0 Å². The van der Waals surface area contributed by atoms with Crippen molar-refractivity contribution in [2.45, 2.75) is 39.8 Å². The smallest absolute Gasteiger partial charge is 0.306 e. The third-order valence-corrected chi connectivity index (χ3v) is 3.13. The molecule has 0 bridgehead atoms. The zero-order valence-electron chi connectivity index (χ0n) is 13.6. The second-order valence-electron chi connectivity index (χ2n) is 5.68. The summed E-state index contributed by atoms with van der Waals surface area (Å²) in [6.45, 7) is 5.61. The van der Waals surface area contributed by atoms with Crippen LogP contribution in [0.2, 0.25) is 0 Å². The number of hydrogen-bond acceptors (Lipinski definition) is 5. The van der Waals surface area contributed by atoms with Gasteiger partial charge in [-0.25, -0.2) is 9.67 Å². The van der Waals surface area contributed by atoms with Gasteiger partial charge in [-0.2, -0.15) is 5.10 Å². The topological polar surface area (TPSA) is 66.2 Å². The van der Waals surface area contributed by atoms with Crippen molar-refractivity contribution in [3.8, 4) is 5.75 Å². The summed E-state index contributed by atoms with van der Waals surface area (Å²) in [6.07, 6.45) is 2.43. The van der Waals surface area contributed by atoms with Crippen LogP contribution >= 0.6 is 0 Å². The van der Waals surface area contributed by atoms with Crippen LogP contribution in [0, 0.1) is 5.92 Å². The van der Waals surface area contributed by atoms with Gasteiger partial charge in [-0.1, -0.05) is 32.0 Å². The quantitative estimate of drug-likeness (QED) is 0.525. The highest BCUT2D eigenvalue weighted by atomic mass is 16.5. The van der Waals surface area contributed by atoms with Crippen LogP contribution in [0.1, 0.15) is 32.5 Å². The summed E-state index contributed by atoms with van der Waals surface area (Å²) >= 11 is 0. The third kappa shape index (κ3) is 6.10. The summed E-state index contributed by atoms with van der Waals surface area (Å²) in [5.41, 5.74) is 0. The zero-order valence-corrected chi connectivity index (χ0v) is 13.6. The van der Waals surface area contributed by atoms with Crippen molar-refractivity contribution in [3.63, 3.8) is 0 Å². The summed E-state index contributed by atoms with van der Waals surface area (Å²) in [5.74, 6) is 1.69. The number of hydrogen-bond donors (Lipinski definition) is 0. The standard InChI is InChI=1S/C17H23N3O3/c1-14(2)11-20-16(18-13-19-20)12-23-17(21)9-6-10-22-15-7-4-3-5-8-15/h3-5,7-8,13-14H,6,9-12H2,1-2H3. The molecule has 0 aliphatic rings. The Labute approximate surface area is 136 Å². The minimum Gasteiger partial charge on any atom is -0.494 e. The van der Waals surface area contributed by atoms with Crippen molar-refractivity contribution in [3.05, 3.63) is 42.5 Å². The normalized spacial score (nSPS) is 10.7. The van der Waals surface area contributed by atoms with E-state index in [4.69, 9.17) is 9.47 Å². The van der Waals surface area contributed by atoms with Crippen LogP contribution in [0.3, 0.4) is 0 Å². The molecule has 0 atom stereocenters. The Morgan fingerprint density at radius 2 is 2.04 bits per heavy atom. The monoisotopic (exact) mass is 317 g/mol. The van der Waals surface area contributed by atoms with E-state index in [1.54, 1.807) is 4.68 Å². The van der Waals surface area contributed by atoms with Crippen molar-refractivity contribution >= 4 is 5.97 Å². The van der Waals surface area contributed by atoms with Crippen molar-refractivity contribution in [1.82, 2.24) is 14.8 Å². The van der Waals surface area contributed by atoms with E-state index in [0.717, 1.165) is 12.3 Å². The number of nitrogens with zero attached hydrogens (tertiary/aromatic N) is 3. The van der Waals surface area contributed by atoms with E-state index in [1.165, 1.54) is 6.33 Å². The van der Waals surface area contributed by atoms with Gasteiger partial charge in [0.2, 0.25) is 0 Å². The molecular formula is C17H23N3O3. The highest BCUT2D eigenvalue weighted by Crippen LogP contribution is 2.09. The first-order chi connectivity index (χ1) is 11.1. The zero-order chi connectivity index (χ0) is 16.5. The van der Waals surface area contributed by atoms with Gasteiger partial charge in [-0.3, -0.25) is 4.79 Å². The number of ether oxygens (including phenoxy) is 2. The molecule has 0 unspecified atom stereocenters. The van der Waals surface area contributed by atoms with Crippen molar-refractivity contribution in [1.29, 1.82) is 0 Å². The van der Waals surface area contributed by atoms with Gasteiger partial charge in [0.05, 0.1) is 6.61 Å². The molecule has 6 nitrogen and oxygen atoms in total. The molecular weight excluding hydrogens is 294 g/mol. The number of carbonyl (C=O) groups excluding carboxylic acids is 1. The lowest BCUT2D eigenvalue weighted by Crippen LogP contribution is -2.13. The molecule has 2 aromatic rings. The van der Waals surface area contributed by atoms with Gasteiger partial charge < -0.3 is 9.47 Å². The van der Waals surface area contributed by atoms with Gasteiger partial charge >= 0.3 is 5.97 Å². The number of esters is 1. The predicted octanol–water partition coefficient (Wildman–Crippen LogP) is 2.84. The Balaban J connectivity index is 1.64. The molecule has 23 heavy (non-hydrogen) atoms. The maximum atomic E-state index is 11.7. The molecule has 0 aliphatic carbocycles. The van der Waals surface area contributed by atoms with Crippen LogP contribution in [0.15, 0.2) is 36.7 Å². The summed E-state index contributed by atoms with van der Waals surface area (Å²) in [6, 6.07) is 9.54. The van der Waals surface area contributed by atoms with Crippen LogP contribution in [0.5, 0.6) is 5.75 Å². The van der Waals surface area contributed by atoms with Crippen LogP contribution in [-0.2, 0) is 22.7 Å². The summed E-state index contributed by atoms with van der Waals surface area (Å²) in [7, 11) is 0. The molecule has 0 N–H and O–H groups in total. The average Bonchev–Trinajstić information content (AvgIpc) is 2.97. The maximum absolute atomic E-state index is 11.7. The van der Waals surface area contributed by atoms with E-state index in [-0.39, 0.29) is 12.6 Å². The Morgan fingerprint density at radius 1 is 1.26 bits per heavy atom. The third-order valence-electron chi connectivity index (χ3n) is 3.13. The Morgan fingerprint density at radius 3 is 2.78 bits per heavy atom. The highest BCUT2D eigenvalue weighted by Gasteiger charge is 2.09. The van der Waals surface area contributed by atoms with Crippen molar-refractivity contribution in [2.24, 2.45) is 5.92 Å². The van der Waals surface area contributed by atoms with E-state index in [2.05, 4.69) is 23.9 Å².